The van der Waals surface area contributed by atoms with Crippen molar-refractivity contribution in [3.8, 4) is 22.5 Å². The fraction of sp³-hybridized carbons (Fsp3) is 0.158. The molecule has 0 amide bonds. The second-order valence-corrected chi connectivity index (χ2v) is 16.9. The summed E-state index contributed by atoms with van der Waals surface area (Å²) in [6, 6.07) is 58.5. The number of hydrogen-bond donors (Lipinski definition) is 0. The summed E-state index contributed by atoms with van der Waals surface area (Å²) < 4.78 is 4.86. The molecule has 0 radical (unpaired) electrons. The molecule has 0 bridgehead atoms. The topological polar surface area (TPSA) is 9.86 Å². The molecule has 2 nitrogen and oxygen atoms in total. The second-order valence-electron chi connectivity index (χ2n) is 16.9. The highest BCUT2D eigenvalue weighted by atomic mass is 15.0. The van der Waals surface area contributed by atoms with E-state index in [2.05, 4.69) is 233 Å². The highest BCUT2D eigenvalue weighted by Crippen LogP contribution is 2.41. The maximum Gasteiger partial charge on any atom is 0.0541 e. The van der Waals surface area contributed by atoms with Crippen molar-refractivity contribution in [2.24, 2.45) is 0 Å². The third kappa shape index (κ3) is 6.44. The predicted molar refractivity (Wildman–Crippen MR) is 255 cm³/mol. The molecule has 2 heteroatoms. The van der Waals surface area contributed by atoms with Crippen LogP contribution < -0.4 is 0 Å². The maximum atomic E-state index is 3.94. The Morgan fingerprint density at radius 2 is 1.02 bits per heavy atom. The van der Waals surface area contributed by atoms with Crippen molar-refractivity contribution in [2.75, 3.05) is 0 Å². The van der Waals surface area contributed by atoms with Gasteiger partial charge in [0.25, 0.3) is 0 Å². The van der Waals surface area contributed by atoms with Crippen LogP contribution in [0, 0.1) is 0 Å². The minimum atomic E-state index is -0.168. The Morgan fingerprint density at radius 1 is 0.525 bits per heavy atom. The monoisotopic (exact) mass is 764 g/mol. The summed E-state index contributed by atoms with van der Waals surface area (Å²) in [5.74, 6) is 0. The molecule has 0 N–H and O–H groups in total. The first kappa shape index (κ1) is 37.9. The van der Waals surface area contributed by atoms with E-state index in [4.69, 9.17) is 0 Å². The van der Waals surface area contributed by atoms with Gasteiger partial charge in [-0.05, 0) is 113 Å². The summed E-state index contributed by atoms with van der Waals surface area (Å²) in [6.07, 6.45) is 9.73. The molecule has 0 unspecified atom stereocenters. The van der Waals surface area contributed by atoms with E-state index in [1.54, 1.807) is 0 Å². The molecule has 0 fully saturated rings. The van der Waals surface area contributed by atoms with Gasteiger partial charge in [-0.3, -0.25) is 0 Å². The second kappa shape index (κ2) is 14.9. The Hall–Kier alpha value is -6.64. The highest BCUT2D eigenvalue weighted by molar-refractivity contribution is 6.10. The van der Waals surface area contributed by atoms with Gasteiger partial charge in [0.05, 0.1) is 22.1 Å². The third-order valence-corrected chi connectivity index (χ3v) is 12.8. The van der Waals surface area contributed by atoms with Crippen LogP contribution in [-0.2, 0) is 10.8 Å². The first-order valence-corrected chi connectivity index (χ1v) is 21.0. The number of benzene rings is 7. The number of nitrogens with zero attached hydrogens (tertiary/aromatic N) is 2. The number of aromatic nitrogens is 2. The molecule has 0 spiro atoms. The number of allylic oxidation sites excluding steroid dienone is 4. The molecule has 59 heavy (non-hydrogen) atoms. The van der Waals surface area contributed by atoms with Crippen LogP contribution in [-0.4, -0.2) is 9.13 Å². The standard InChI is InChI=1S/C57H52N2/c1-8-11-20-42(10-3)56(4,5)44-31-33-54-50(37-44)48-23-12-14-25-52(48)58(54)46-21-16-18-40(35-46)41-19-17-22-47(36-41)59-53-26-15-13-24-49(53)51-38-45(32-34-55(51)59)57(6,7)43-29-27-39(9-2)28-30-43/h9-38H,2,8H2,1,3-7H3/b20-11-,42-10+. The molecule has 0 saturated carbocycles. The Morgan fingerprint density at radius 3 is 1.54 bits per heavy atom. The van der Waals surface area contributed by atoms with Crippen LogP contribution in [0.1, 0.15) is 70.2 Å². The van der Waals surface area contributed by atoms with Crippen LogP contribution >= 0.6 is 0 Å². The lowest BCUT2D eigenvalue weighted by atomic mass is 9.77. The number of rotatable bonds is 10. The fourth-order valence-corrected chi connectivity index (χ4v) is 9.21. The minimum absolute atomic E-state index is 0.129. The Bertz CT molecular complexity index is 3100. The Kier molecular flexibility index (Phi) is 9.60. The minimum Gasteiger partial charge on any atom is -0.309 e. The average molecular weight is 765 g/mol. The van der Waals surface area contributed by atoms with E-state index in [1.807, 2.05) is 6.08 Å². The molecule has 0 atom stereocenters. The van der Waals surface area contributed by atoms with E-state index in [-0.39, 0.29) is 10.8 Å². The van der Waals surface area contributed by atoms with Crippen LogP contribution in [0.25, 0.3) is 72.2 Å². The molecule has 290 valence electrons. The lowest BCUT2D eigenvalue weighted by molar-refractivity contribution is 0.638. The van der Waals surface area contributed by atoms with Crippen molar-refractivity contribution in [3.05, 3.63) is 210 Å². The van der Waals surface area contributed by atoms with E-state index in [0.717, 1.165) is 23.4 Å². The predicted octanol–water partition coefficient (Wildman–Crippen LogP) is 15.7. The summed E-state index contributed by atoms with van der Waals surface area (Å²) in [6.45, 7) is 17.6. The van der Waals surface area contributed by atoms with Crippen molar-refractivity contribution >= 4 is 49.7 Å². The lowest BCUT2D eigenvalue weighted by Crippen LogP contribution is -2.19. The number of para-hydroxylation sites is 2. The third-order valence-electron chi connectivity index (χ3n) is 12.8. The zero-order chi connectivity index (χ0) is 40.9. The van der Waals surface area contributed by atoms with Crippen molar-refractivity contribution in [2.45, 2.75) is 58.8 Å². The molecule has 7 aromatic carbocycles. The van der Waals surface area contributed by atoms with Crippen molar-refractivity contribution in [1.29, 1.82) is 0 Å². The smallest absolute Gasteiger partial charge is 0.0541 e. The molecule has 2 aromatic heterocycles. The Balaban J connectivity index is 1.13. The molecule has 9 rings (SSSR count). The van der Waals surface area contributed by atoms with Crippen LogP contribution in [0.15, 0.2) is 188 Å². The lowest BCUT2D eigenvalue weighted by Gasteiger charge is -2.27. The SMILES string of the molecule is C=Cc1ccc(C(C)(C)c2ccc3c(c2)c2ccccc2n3-c2cccc(-c3cccc(-n4c5ccccc5c5cc(C(C)(C)C(/C=C\CC)=C/C)ccc54)c3)c2)cc1. The average Bonchev–Trinajstić information content (AvgIpc) is 3.79. The summed E-state index contributed by atoms with van der Waals surface area (Å²) >= 11 is 0. The summed E-state index contributed by atoms with van der Waals surface area (Å²) in [4.78, 5) is 0. The number of hydrogen-bond acceptors (Lipinski definition) is 0. The summed E-state index contributed by atoms with van der Waals surface area (Å²) in [5, 5.41) is 5.06. The van der Waals surface area contributed by atoms with Gasteiger partial charge >= 0.3 is 0 Å². The van der Waals surface area contributed by atoms with Gasteiger partial charge in [0.2, 0.25) is 0 Å². The zero-order valence-corrected chi connectivity index (χ0v) is 35.1. The van der Waals surface area contributed by atoms with Gasteiger partial charge in [-0.25, -0.2) is 0 Å². The van der Waals surface area contributed by atoms with Crippen molar-refractivity contribution < 1.29 is 0 Å². The van der Waals surface area contributed by atoms with E-state index >= 15 is 0 Å². The number of fused-ring (bicyclic) bond motifs is 6. The van der Waals surface area contributed by atoms with Gasteiger partial charge in [-0.15, -0.1) is 0 Å². The fourth-order valence-electron chi connectivity index (χ4n) is 9.21. The van der Waals surface area contributed by atoms with Crippen LogP contribution in [0.5, 0.6) is 0 Å². The summed E-state index contributed by atoms with van der Waals surface area (Å²) in [7, 11) is 0. The van der Waals surface area contributed by atoms with Crippen LogP contribution in [0.4, 0.5) is 0 Å². The van der Waals surface area contributed by atoms with Crippen molar-refractivity contribution in [1.82, 2.24) is 9.13 Å². The van der Waals surface area contributed by atoms with Gasteiger partial charge in [0.1, 0.15) is 0 Å². The van der Waals surface area contributed by atoms with E-state index in [9.17, 15) is 0 Å². The molecule has 0 aliphatic heterocycles. The summed E-state index contributed by atoms with van der Waals surface area (Å²) in [5.41, 5.74) is 15.6. The Labute approximate surface area is 349 Å². The van der Waals surface area contributed by atoms with Gasteiger partial charge in [-0.2, -0.15) is 0 Å². The van der Waals surface area contributed by atoms with E-state index in [1.165, 1.54) is 77.0 Å². The van der Waals surface area contributed by atoms with Gasteiger partial charge in [-0.1, -0.05) is 163 Å². The molecular formula is C57H52N2. The zero-order valence-electron chi connectivity index (χ0n) is 35.1. The largest absolute Gasteiger partial charge is 0.309 e. The van der Waals surface area contributed by atoms with Crippen LogP contribution in [0.3, 0.4) is 0 Å². The molecule has 9 aromatic rings. The quantitative estimate of drug-likeness (QED) is 0.123. The molecule has 0 saturated heterocycles. The maximum absolute atomic E-state index is 3.94. The van der Waals surface area contributed by atoms with E-state index < -0.39 is 0 Å². The first-order chi connectivity index (χ1) is 28.6. The van der Waals surface area contributed by atoms with Crippen LogP contribution in [0.2, 0.25) is 0 Å². The van der Waals surface area contributed by atoms with Gasteiger partial charge in [0.15, 0.2) is 0 Å². The van der Waals surface area contributed by atoms with Gasteiger partial charge < -0.3 is 9.13 Å². The van der Waals surface area contributed by atoms with E-state index in [0.29, 0.717) is 0 Å². The molecular weight excluding hydrogens is 713 g/mol. The normalized spacial score (nSPS) is 12.7. The molecule has 0 aliphatic carbocycles. The molecule has 0 aliphatic rings. The van der Waals surface area contributed by atoms with Gasteiger partial charge in [0, 0.05) is 43.7 Å². The molecule has 2 heterocycles. The van der Waals surface area contributed by atoms with Crippen molar-refractivity contribution in [3.63, 3.8) is 0 Å². The first-order valence-electron chi connectivity index (χ1n) is 21.0. The highest BCUT2D eigenvalue weighted by Gasteiger charge is 2.26.